The summed E-state index contributed by atoms with van der Waals surface area (Å²) in [7, 11) is 2.00. The van der Waals surface area contributed by atoms with Crippen molar-refractivity contribution < 1.29 is 5.11 Å². The van der Waals surface area contributed by atoms with Gasteiger partial charge in [-0.1, -0.05) is 18.2 Å². The molecule has 3 aromatic rings. The minimum Gasteiger partial charge on any atom is -0.506 e. The Morgan fingerprint density at radius 3 is 2.62 bits per heavy atom. The smallest absolute Gasteiger partial charge is 0.139 e. The van der Waals surface area contributed by atoms with Crippen LogP contribution in [0.15, 0.2) is 36.4 Å². The average molecular weight is 212 g/mol. The molecule has 0 aliphatic carbocycles. The molecule has 3 nitrogen and oxygen atoms in total. The minimum atomic E-state index is 0.142. The molecule has 0 saturated carbocycles. The largest absolute Gasteiger partial charge is 0.506 e. The topological polar surface area (TPSA) is 51.2 Å². The zero-order chi connectivity index (χ0) is 11.3. The van der Waals surface area contributed by atoms with E-state index in [9.17, 15) is 5.11 Å². The molecular weight excluding hydrogens is 200 g/mol. The number of nitrogen functional groups attached to an aromatic ring is 1. The maximum absolute atomic E-state index is 9.65. The van der Waals surface area contributed by atoms with Gasteiger partial charge >= 0.3 is 0 Å². The first-order valence-corrected chi connectivity index (χ1v) is 5.14. The van der Waals surface area contributed by atoms with Crippen LogP contribution in [-0.4, -0.2) is 9.67 Å². The summed E-state index contributed by atoms with van der Waals surface area (Å²) in [6, 6.07) is 11.6. The highest BCUT2D eigenvalue weighted by Crippen LogP contribution is 2.36. The number of para-hydroxylation sites is 1. The van der Waals surface area contributed by atoms with Crippen LogP contribution >= 0.6 is 0 Å². The van der Waals surface area contributed by atoms with Crippen molar-refractivity contribution in [2.75, 3.05) is 5.73 Å². The van der Waals surface area contributed by atoms with Crippen LogP contribution in [0.5, 0.6) is 5.75 Å². The van der Waals surface area contributed by atoms with E-state index in [2.05, 4.69) is 4.57 Å². The van der Waals surface area contributed by atoms with Gasteiger partial charge in [0.1, 0.15) is 5.75 Å². The van der Waals surface area contributed by atoms with Gasteiger partial charge in [-0.15, -0.1) is 0 Å². The van der Waals surface area contributed by atoms with Crippen molar-refractivity contribution in [2.45, 2.75) is 0 Å². The quantitative estimate of drug-likeness (QED) is 0.444. The zero-order valence-corrected chi connectivity index (χ0v) is 8.94. The number of nitrogens with zero attached hydrogens (tertiary/aromatic N) is 1. The Balaban J connectivity index is 2.68. The lowest BCUT2D eigenvalue weighted by Crippen LogP contribution is -1.89. The van der Waals surface area contributed by atoms with Crippen LogP contribution in [-0.2, 0) is 7.05 Å². The van der Waals surface area contributed by atoms with Gasteiger partial charge in [0.05, 0.1) is 11.2 Å². The molecule has 0 saturated heterocycles. The fraction of sp³-hybridized carbons (Fsp3) is 0.0769. The molecule has 3 heteroatoms. The predicted octanol–water partition coefficient (Wildman–Crippen LogP) is 2.62. The van der Waals surface area contributed by atoms with Crippen LogP contribution in [0.4, 0.5) is 5.69 Å². The molecule has 1 aromatic heterocycles. The van der Waals surface area contributed by atoms with Crippen molar-refractivity contribution in [3.8, 4) is 5.75 Å². The molecule has 1 heterocycles. The summed E-state index contributed by atoms with van der Waals surface area (Å²) >= 11 is 0. The van der Waals surface area contributed by atoms with E-state index in [-0.39, 0.29) is 5.75 Å². The molecule has 2 aromatic carbocycles. The van der Waals surface area contributed by atoms with Gasteiger partial charge in [0.2, 0.25) is 0 Å². The molecule has 16 heavy (non-hydrogen) atoms. The summed E-state index contributed by atoms with van der Waals surface area (Å²) in [5.74, 6) is 0.142. The molecular formula is C13H12N2O. The van der Waals surface area contributed by atoms with E-state index in [4.69, 9.17) is 5.73 Å². The van der Waals surface area contributed by atoms with E-state index in [0.717, 1.165) is 21.8 Å². The van der Waals surface area contributed by atoms with Crippen molar-refractivity contribution in [2.24, 2.45) is 7.05 Å². The second-order valence-electron chi connectivity index (χ2n) is 3.97. The number of aromatic hydroxyl groups is 1. The van der Waals surface area contributed by atoms with Crippen LogP contribution < -0.4 is 5.73 Å². The minimum absolute atomic E-state index is 0.142. The van der Waals surface area contributed by atoms with Gasteiger partial charge in [-0.3, -0.25) is 0 Å². The predicted molar refractivity (Wildman–Crippen MR) is 66.5 cm³/mol. The average Bonchev–Trinajstić information content (AvgIpc) is 2.59. The van der Waals surface area contributed by atoms with E-state index in [1.165, 1.54) is 0 Å². The number of benzene rings is 2. The van der Waals surface area contributed by atoms with Gasteiger partial charge in [-0.2, -0.15) is 0 Å². The summed E-state index contributed by atoms with van der Waals surface area (Å²) in [5.41, 5.74) is 8.55. The van der Waals surface area contributed by atoms with Gasteiger partial charge in [0.15, 0.2) is 0 Å². The molecule has 0 radical (unpaired) electrons. The van der Waals surface area contributed by atoms with Crippen molar-refractivity contribution in [3.05, 3.63) is 36.4 Å². The standard InChI is InChI=1S/C13H12N2O/c1-15-9-5-3-2-4-8(9)12-10(15)6-7-11(16)13(12)14/h2-7,16H,14H2,1H3. The molecule has 0 bridgehead atoms. The maximum Gasteiger partial charge on any atom is 0.139 e. The lowest BCUT2D eigenvalue weighted by molar-refractivity contribution is 0.478. The fourth-order valence-electron chi connectivity index (χ4n) is 2.27. The van der Waals surface area contributed by atoms with Crippen molar-refractivity contribution >= 4 is 27.5 Å². The second-order valence-corrected chi connectivity index (χ2v) is 3.97. The molecule has 0 amide bonds. The first-order valence-electron chi connectivity index (χ1n) is 5.14. The van der Waals surface area contributed by atoms with Crippen LogP contribution in [0.25, 0.3) is 21.8 Å². The summed E-state index contributed by atoms with van der Waals surface area (Å²) < 4.78 is 2.08. The van der Waals surface area contributed by atoms with Crippen LogP contribution in [0.2, 0.25) is 0 Å². The third kappa shape index (κ3) is 0.972. The number of phenolic OH excluding ortho intramolecular Hbond substituents is 1. The van der Waals surface area contributed by atoms with Crippen LogP contribution in [0.1, 0.15) is 0 Å². The molecule has 0 atom stereocenters. The lowest BCUT2D eigenvalue weighted by Gasteiger charge is -2.01. The van der Waals surface area contributed by atoms with Gasteiger partial charge in [0, 0.05) is 23.3 Å². The van der Waals surface area contributed by atoms with Gasteiger partial charge in [-0.25, -0.2) is 0 Å². The Morgan fingerprint density at radius 1 is 1.06 bits per heavy atom. The summed E-state index contributed by atoms with van der Waals surface area (Å²) in [6.07, 6.45) is 0. The first kappa shape index (κ1) is 9.09. The molecule has 0 aliphatic heterocycles. The number of hydrogen-bond acceptors (Lipinski definition) is 2. The van der Waals surface area contributed by atoms with E-state index in [1.807, 2.05) is 37.4 Å². The number of aromatic nitrogens is 1. The Hall–Kier alpha value is -2.16. The Kier molecular flexibility index (Phi) is 1.66. The van der Waals surface area contributed by atoms with Crippen LogP contribution in [0.3, 0.4) is 0 Å². The van der Waals surface area contributed by atoms with Gasteiger partial charge in [0.25, 0.3) is 0 Å². The number of rotatable bonds is 0. The zero-order valence-electron chi connectivity index (χ0n) is 8.94. The first-order chi connectivity index (χ1) is 7.70. The molecule has 0 unspecified atom stereocenters. The normalized spacial score (nSPS) is 11.3. The number of nitrogens with two attached hydrogens (primary N) is 1. The van der Waals surface area contributed by atoms with E-state index < -0.39 is 0 Å². The molecule has 80 valence electrons. The number of anilines is 1. The summed E-state index contributed by atoms with van der Waals surface area (Å²) in [6.45, 7) is 0. The van der Waals surface area contributed by atoms with E-state index >= 15 is 0 Å². The molecule has 0 spiro atoms. The Bertz CT molecular complexity index is 698. The van der Waals surface area contributed by atoms with Crippen molar-refractivity contribution in [1.82, 2.24) is 4.57 Å². The highest BCUT2D eigenvalue weighted by molar-refractivity contribution is 6.14. The van der Waals surface area contributed by atoms with Gasteiger partial charge < -0.3 is 15.4 Å². The Morgan fingerprint density at radius 2 is 1.81 bits per heavy atom. The number of aryl methyl sites for hydroxylation is 1. The number of fused-ring (bicyclic) bond motifs is 3. The highest BCUT2D eigenvalue weighted by Gasteiger charge is 2.11. The van der Waals surface area contributed by atoms with Gasteiger partial charge in [-0.05, 0) is 18.2 Å². The number of hydrogen-bond donors (Lipinski definition) is 2. The second kappa shape index (κ2) is 2.92. The van der Waals surface area contributed by atoms with Crippen LogP contribution in [0, 0.1) is 0 Å². The van der Waals surface area contributed by atoms with Crippen molar-refractivity contribution in [3.63, 3.8) is 0 Å². The summed E-state index contributed by atoms with van der Waals surface area (Å²) in [5, 5.41) is 11.7. The molecule has 0 aliphatic rings. The highest BCUT2D eigenvalue weighted by atomic mass is 16.3. The number of phenols is 1. The third-order valence-corrected chi connectivity index (χ3v) is 3.10. The molecule has 3 N–H and O–H groups in total. The maximum atomic E-state index is 9.65. The molecule has 0 fully saturated rings. The third-order valence-electron chi connectivity index (χ3n) is 3.10. The lowest BCUT2D eigenvalue weighted by atomic mass is 10.1. The SMILES string of the molecule is Cn1c2ccccc2c2c(N)c(O)ccc21. The fourth-order valence-corrected chi connectivity index (χ4v) is 2.27. The van der Waals surface area contributed by atoms with E-state index in [1.54, 1.807) is 6.07 Å². The van der Waals surface area contributed by atoms with Crippen molar-refractivity contribution in [1.29, 1.82) is 0 Å². The monoisotopic (exact) mass is 212 g/mol. The summed E-state index contributed by atoms with van der Waals surface area (Å²) in [4.78, 5) is 0. The Labute approximate surface area is 92.7 Å². The van der Waals surface area contributed by atoms with E-state index in [0.29, 0.717) is 5.69 Å². The molecule has 3 rings (SSSR count).